The fourth-order valence-electron chi connectivity index (χ4n) is 2.03. The van der Waals surface area contributed by atoms with Crippen molar-refractivity contribution in [2.75, 3.05) is 17.2 Å². The lowest BCUT2D eigenvalue weighted by Crippen LogP contribution is -2.35. The van der Waals surface area contributed by atoms with E-state index in [1.165, 1.54) is 25.1 Å². The molecule has 2 rings (SSSR count). The fraction of sp³-hybridized carbons (Fsp3) is 0.385. The molecule has 1 atom stereocenters. The average Bonchev–Trinajstić information content (AvgIpc) is 2.86. The summed E-state index contributed by atoms with van der Waals surface area (Å²) in [7, 11) is 0. The Morgan fingerprint density at radius 1 is 1.37 bits per heavy atom. The summed E-state index contributed by atoms with van der Waals surface area (Å²) >= 11 is 0. The first-order valence-corrected chi connectivity index (χ1v) is 6.17. The third kappa shape index (κ3) is 3.51. The summed E-state index contributed by atoms with van der Waals surface area (Å²) in [4.78, 5) is 22.8. The minimum atomic E-state index is -0.527. The Labute approximate surface area is 110 Å². The molecule has 19 heavy (non-hydrogen) atoms. The second kappa shape index (κ2) is 5.79. The van der Waals surface area contributed by atoms with Gasteiger partial charge in [-0.15, -0.1) is 0 Å². The second-order valence-corrected chi connectivity index (χ2v) is 4.51. The van der Waals surface area contributed by atoms with E-state index in [0.717, 1.165) is 19.4 Å². The lowest BCUT2D eigenvalue weighted by molar-refractivity contribution is -0.118. The lowest BCUT2D eigenvalue weighted by Gasteiger charge is -2.12. The number of hydrogen-bond donors (Lipinski definition) is 3. The van der Waals surface area contributed by atoms with Crippen molar-refractivity contribution in [2.24, 2.45) is 0 Å². The van der Waals surface area contributed by atoms with Crippen LogP contribution in [0.2, 0.25) is 0 Å². The third-order valence-electron chi connectivity index (χ3n) is 2.92. The predicted octanol–water partition coefficient (Wildman–Crippen LogP) is 1.47. The van der Waals surface area contributed by atoms with Crippen LogP contribution in [0.1, 0.15) is 19.8 Å². The maximum atomic E-state index is 13.6. The fourth-order valence-corrected chi connectivity index (χ4v) is 2.03. The van der Waals surface area contributed by atoms with E-state index in [-0.39, 0.29) is 23.5 Å². The number of carbonyl (C=O) groups excluding carboxylic acids is 2. The normalized spacial score (nSPS) is 18.1. The van der Waals surface area contributed by atoms with Gasteiger partial charge in [-0.1, -0.05) is 0 Å². The molecule has 102 valence electrons. The highest BCUT2D eigenvalue weighted by Crippen LogP contribution is 2.20. The highest BCUT2D eigenvalue weighted by molar-refractivity contribution is 5.96. The number of benzene rings is 1. The zero-order chi connectivity index (χ0) is 13.8. The molecule has 0 spiro atoms. The molecule has 0 aromatic heterocycles. The van der Waals surface area contributed by atoms with Crippen LogP contribution in [0, 0.1) is 5.82 Å². The van der Waals surface area contributed by atoms with Crippen LogP contribution in [0.5, 0.6) is 0 Å². The van der Waals surface area contributed by atoms with Crippen LogP contribution in [0.15, 0.2) is 18.2 Å². The molecule has 1 heterocycles. The van der Waals surface area contributed by atoms with Crippen molar-refractivity contribution < 1.29 is 14.0 Å². The Morgan fingerprint density at radius 2 is 2.16 bits per heavy atom. The summed E-state index contributed by atoms with van der Waals surface area (Å²) < 4.78 is 13.6. The predicted molar refractivity (Wildman–Crippen MR) is 70.4 cm³/mol. The van der Waals surface area contributed by atoms with Crippen LogP contribution in [0.3, 0.4) is 0 Å². The van der Waals surface area contributed by atoms with Gasteiger partial charge < -0.3 is 16.0 Å². The number of anilines is 2. The van der Waals surface area contributed by atoms with E-state index in [2.05, 4.69) is 16.0 Å². The monoisotopic (exact) mass is 265 g/mol. The Kier molecular flexibility index (Phi) is 4.11. The highest BCUT2D eigenvalue weighted by Gasteiger charge is 2.22. The summed E-state index contributed by atoms with van der Waals surface area (Å²) in [6, 6.07) is 3.79. The molecule has 0 aliphatic carbocycles. The van der Waals surface area contributed by atoms with E-state index in [1.54, 1.807) is 0 Å². The van der Waals surface area contributed by atoms with E-state index in [4.69, 9.17) is 0 Å². The average molecular weight is 265 g/mol. The third-order valence-corrected chi connectivity index (χ3v) is 2.92. The Hall–Kier alpha value is -1.95. The summed E-state index contributed by atoms with van der Waals surface area (Å²) in [6.07, 6.45) is 1.69. The van der Waals surface area contributed by atoms with Gasteiger partial charge in [-0.2, -0.15) is 0 Å². The molecule has 1 aliphatic heterocycles. The first kappa shape index (κ1) is 13.5. The first-order chi connectivity index (χ1) is 9.06. The van der Waals surface area contributed by atoms with Gasteiger partial charge in [-0.05, 0) is 37.6 Å². The van der Waals surface area contributed by atoms with Crippen molar-refractivity contribution in [2.45, 2.75) is 25.8 Å². The van der Waals surface area contributed by atoms with Gasteiger partial charge in [0.25, 0.3) is 0 Å². The summed E-state index contributed by atoms with van der Waals surface area (Å²) in [5.41, 5.74) is 0.522. The molecular weight excluding hydrogens is 249 g/mol. The largest absolute Gasteiger partial charge is 0.326 e. The van der Waals surface area contributed by atoms with Crippen molar-refractivity contribution in [1.29, 1.82) is 0 Å². The molecule has 1 aliphatic rings. The second-order valence-electron chi connectivity index (χ2n) is 4.51. The van der Waals surface area contributed by atoms with Crippen LogP contribution in [-0.2, 0) is 9.59 Å². The molecule has 0 bridgehead atoms. The van der Waals surface area contributed by atoms with E-state index in [9.17, 15) is 14.0 Å². The first-order valence-electron chi connectivity index (χ1n) is 6.17. The minimum Gasteiger partial charge on any atom is -0.326 e. The minimum absolute atomic E-state index is 0.0740. The molecule has 6 heteroatoms. The van der Waals surface area contributed by atoms with Crippen molar-refractivity contribution in [3.63, 3.8) is 0 Å². The number of halogens is 1. The molecule has 1 fully saturated rings. The Bertz CT molecular complexity index is 499. The number of carbonyl (C=O) groups is 2. The van der Waals surface area contributed by atoms with Gasteiger partial charge in [0, 0.05) is 12.6 Å². The summed E-state index contributed by atoms with van der Waals surface area (Å²) in [5.74, 6) is -1.03. The smallest absolute Gasteiger partial charge is 0.241 e. The molecule has 1 aromatic rings. The Balaban J connectivity index is 2.09. The lowest BCUT2D eigenvalue weighted by atomic mass is 10.2. The molecule has 3 N–H and O–H groups in total. The number of hydrogen-bond acceptors (Lipinski definition) is 3. The van der Waals surface area contributed by atoms with Crippen LogP contribution in [0.4, 0.5) is 15.8 Å². The van der Waals surface area contributed by atoms with Gasteiger partial charge in [0.05, 0.1) is 11.7 Å². The topological polar surface area (TPSA) is 70.2 Å². The zero-order valence-corrected chi connectivity index (χ0v) is 10.6. The van der Waals surface area contributed by atoms with Gasteiger partial charge in [0.1, 0.15) is 5.82 Å². The van der Waals surface area contributed by atoms with E-state index in [1.807, 2.05) is 0 Å². The van der Waals surface area contributed by atoms with Crippen molar-refractivity contribution in [1.82, 2.24) is 5.32 Å². The SMILES string of the molecule is CC(=O)Nc1ccc(F)c(NC(=O)C2CCCN2)c1. The van der Waals surface area contributed by atoms with Gasteiger partial charge >= 0.3 is 0 Å². The molecule has 2 amide bonds. The van der Waals surface area contributed by atoms with Crippen LogP contribution in [0.25, 0.3) is 0 Å². The van der Waals surface area contributed by atoms with E-state index < -0.39 is 5.82 Å². The Morgan fingerprint density at radius 3 is 2.79 bits per heavy atom. The van der Waals surface area contributed by atoms with Gasteiger partial charge in [-0.3, -0.25) is 9.59 Å². The molecule has 5 nitrogen and oxygen atoms in total. The molecule has 0 saturated carbocycles. The maximum Gasteiger partial charge on any atom is 0.241 e. The molecule has 1 unspecified atom stereocenters. The molecule has 1 aromatic carbocycles. The quantitative estimate of drug-likeness (QED) is 0.775. The zero-order valence-electron chi connectivity index (χ0n) is 10.6. The van der Waals surface area contributed by atoms with Crippen molar-refractivity contribution in [3.05, 3.63) is 24.0 Å². The highest BCUT2D eigenvalue weighted by atomic mass is 19.1. The number of rotatable bonds is 3. The standard InChI is InChI=1S/C13H16FN3O2/c1-8(18)16-9-4-5-10(14)12(7-9)17-13(19)11-3-2-6-15-11/h4-5,7,11,15H,2-3,6H2,1H3,(H,16,18)(H,17,19). The van der Waals surface area contributed by atoms with Crippen LogP contribution >= 0.6 is 0 Å². The van der Waals surface area contributed by atoms with E-state index in [0.29, 0.717) is 5.69 Å². The van der Waals surface area contributed by atoms with Gasteiger partial charge in [0.2, 0.25) is 11.8 Å². The van der Waals surface area contributed by atoms with Crippen molar-refractivity contribution >= 4 is 23.2 Å². The number of amides is 2. The number of nitrogens with one attached hydrogen (secondary N) is 3. The van der Waals surface area contributed by atoms with Crippen LogP contribution in [-0.4, -0.2) is 24.4 Å². The molecule has 0 radical (unpaired) electrons. The van der Waals surface area contributed by atoms with Crippen LogP contribution < -0.4 is 16.0 Å². The van der Waals surface area contributed by atoms with E-state index >= 15 is 0 Å². The van der Waals surface area contributed by atoms with Crippen molar-refractivity contribution in [3.8, 4) is 0 Å². The molecular formula is C13H16FN3O2. The summed E-state index contributed by atoms with van der Waals surface area (Å²) in [5, 5.41) is 8.12. The maximum absolute atomic E-state index is 13.6. The summed E-state index contributed by atoms with van der Waals surface area (Å²) in [6.45, 7) is 2.16. The van der Waals surface area contributed by atoms with Gasteiger partial charge in [-0.25, -0.2) is 4.39 Å². The van der Waals surface area contributed by atoms with Gasteiger partial charge in [0.15, 0.2) is 0 Å². The molecule has 1 saturated heterocycles.